The van der Waals surface area contributed by atoms with Crippen LogP contribution in [-0.2, 0) is 23.7 Å². The van der Waals surface area contributed by atoms with Crippen LogP contribution in [0.3, 0.4) is 0 Å². The first-order valence-corrected chi connectivity index (χ1v) is 7.58. The van der Waals surface area contributed by atoms with Gasteiger partial charge in [0.2, 0.25) is 0 Å². The zero-order valence-electron chi connectivity index (χ0n) is 13.8. The second-order valence-corrected chi connectivity index (χ2v) is 7.61. The Morgan fingerprint density at radius 2 is 2.15 bits per heavy atom. The van der Waals surface area contributed by atoms with Crippen molar-refractivity contribution in [3.05, 3.63) is 17.5 Å². The first-order valence-electron chi connectivity index (χ1n) is 7.58. The van der Waals surface area contributed by atoms with Crippen molar-refractivity contribution in [2.75, 3.05) is 6.61 Å². The van der Waals surface area contributed by atoms with Gasteiger partial charge in [0, 0.05) is 43.4 Å². The predicted molar refractivity (Wildman–Crippen MR) is 81.8 cm³/mol. The highest BCUT2D eigenvalue weighted by molar-refractivity contribution is 5.24. The fourth-order valence-corrected chi connectivity index (χ4v) is 2.96. The summed E-state index contributed by atoms with van der Waals surface area (Å²) < 4.78 is 7.70. The largest absolute Gasteiger partial charge is 0.375 e. The molecule has 20 heavy (non-hydrogen) atoms. The Morgan fingerprint density at radius 1 is 1.45 bits per heavy atom. The van der Waals surface area contributed by atoms with Gasteiger partial charge in [-0.25, -0.2) is 0 Å². The lowest BCUT2D eigenvalue weighted by atomic mass is 9.89. The molecule has 114 valence electrons. The third-order valence-electron chi connectivity index (χ3n) is 3.89. The van der Waals surface area contributed by atoms with Crippen LogP contribution in [0.1, 0.15) is 58.7 Å². The van der Waals surface area contributed by atoms with Crippen LogP contribution in [0.5, 0.6) is 0 Å². The molecule has 0 aromatic carbocycles. The van der Waals surface area contributed by atoms with Crippen molar-refractivity contribution in [2.24, 2.45) is 7.05 Å². The van der Waals surface area contributed by atoms with Crippen molar-refractivity contribution < 1.29 is 4.74 Å². The van der Waals surface area contributed by atoms with E-state index < -0.39 is 0 Å². The van der Waals surface area contributed by atoms with Crippen LogP contribution in [0.25, 0.3) is 0 Å². The van der Waals surface area contributed by atoms with Gasteiger partial charge in [0.05, 0.1) is 11.3 Å². The smallest absolute Gasteiger partial charge is 0.0722 e. The minimum atomic E-state index is -0.00227. The third kappa shape index (κ3) is 3.83. The van der Waals surface area contributed by atoms with Crippen LogP contribution in [-0.4, -0.2) is 28.0 Å². The van der Waals surface area contributed by atoms with E-state index in [0.717, 1.165) is 26.0 Å². The van der Waals surface area contributed by atoms with Crippen molar-refractivity contribution in [2.45, 2.75) is 71.1 Å². The molecule has 1 N–H and O–H groups in total. The number of nitrogens with zero attached hydrogens (tertiary/aromatic N) is 2. The summed E-state index contributed by atoms with van der Waals surface area (Å²) in [6.07, 6.45) is 4.30. The lowest BCUT2D eigenvalue weighted by Crippen LogP contribution is -2.43. The van der Waals surface area contributed by atoms with Gasteiger partial charge < -0.3 is 10.1 Å². The summed E-state index contributed by atoms with van der Waals surface area (Å²) in [5, 5.41) is 8.31. The number of nitrogens with one attached hydrogen (secondary N) is 1. The highest BCUT2D eigenvalue weighted by Gasteiger charge is 2.29. The number of rotatable bonds is 3. The van der Waals surface area contributed by atoms with Crippen molar-refractivity contribution in [3.63, 3.8) is 0 Å². The molecule has 2 heterocycles. The molecule has 0 radical (unpaired) electrons. The molecule has 1 aliphatic rings. The Bertz CT molecular complexity index is 457. The Morgan fingerprint density at radius 3 is 2.75 bits per heavy atom. The summed E-state index contributed by atoms with van der Waals surface area (Å²) in [5.74, 6) is 0. The van der Waals surface area contributed by atoms with Crippen LogP contribution in [0.2, 0.25) is 0 Å². The molecule has 0 bridgehead atoms. The molecular weight excluding hydrogens is 250 g/mol. The Labute approximate surface area is 122 Å². The van der Waals surface area contributed by atoms with Crippen molar-refractivity contribution in [3.8, 4) is 0 Å². The molecule has 2 rings (SSSR count). The minimum absolute atomic E-state index is 0.00227. The highest BCUT2D eigenvalue weighted by atomic mass is 16.5. The maximum atomic E-state index is 5.77. The average Bonchev–Trinajstić information content (AvgIpc) is 2.66. The predicted octanol–water partition coefficient (Wildman–Crippen LogP) is 2.76. The molecule has 1 unspecified atom stereocenters. The lowest BCUT2D eigenvalue weighted by molar-refractivity contribution is -0.0630. The maximum absolute atomic E-state index is 5.77. The summed E-state index contributed by atoms with van der Waals surface area (Å²) in [6, 6.07) is 0.534. The standard InChI is InChI=1S/C16H29N3O/c1-15(2,3)14-12(11-19(6)18-14)10-17-13-7-8-20-16(4,5)9-13/h11,13,17H,7-10H2,1-6H3. The van der Waals surface area contributed by atoms with E-state index in [1.54, 1.807) is 0 Å². The zero-order valence-corrected chi connectivity index (χ0v) is 13.8. The van der Waals surface area contributed by atoms with E-state index in [9.17, 15) is 0 Å². The van der Waals surface area contributed by atoms with Gasteiger partial charge in [-0.15, -0.1) is 0 Å². The number of aromatic nitrogens is 2. The summed E-state index contributed by atoms with van der Waals surface area (Å²) in [4.78, 5) is 0. The Kier molecular flexibility index (Phi) is 4.26. The maximum Gasteiger partial charge on any atom is 0.0722 e. The molecule has 0 amide bonds. The molecule has 0 aliphatic carbocycles. The molecule has 1 fully saturated rings. The van der Waals surface area contributed by atoms with E-state index in [0.29, 0.717) is 6.04 Å². The Balaban J connectivity index is 2.01. The second-order valence-electron chi connectivity index (χ2n) is 7.61. The van der Waals surface area contributed by atoms with Crippen LogP contribution < -0.4 is 5.32 Å². The van der Waals surface area contributed by atoms with E-state index in [-0.39, 0.29) is 11.0 Å². The van der Waals surface area contributed by atoms with Crippen molar-refractivity contribution >= 4 is 0 Å². The van der Waals surface area contributed by atoms with Gasteiger partial charge in [0.15, 0.2) is 0 Å². The number of hydrogen-bond acceptors (Lipinski definition) is 3. The number of ether oxygens (including phenoxy) is 1. The van der Waals surface area contributed by atoms with Gasteiger partial charge in [0.1, 0.15) is 0 Å². The average molecular weight is 279 g/mol. The van der Waals surface area contributed by atoms with Crippen molar-refractivity contribution in [1.29, 1.82) is 0 Å². The molecule has 0 saturated carbocycles. The van der Waals surface area contributed by atoms with Crippen LogP contribution in [0.15, 0.2) is 6.20 Å². The van der Waals surface area contributed by atoms with Gasteiger partial charge in [-0.2, -0.15) is 5.10 Å². The number of hydrogen-bond donors (Lipinski definition) is 1. The van der Waals surface area contributed by atoms with Crippen LogP contribution in [0.4, 0.5) is 0 Å². The number of aryl methyl sites for hydroxylation is 1. The van der Waals surface area contributed by atoms with Gasteiger partial charge in [-0.3, -0.25) is 4.68 Å². The first-order chi connectivity index (χ1) is 9.17. The van der Waals surface area contributed by atoms with E-state index in [1.807, 2.05) is 11.7 Å². The monoisotopic (exact) mass is 279 g/mol. The van der Waals surface area contributed by atoms with Crippen LogP contribution in [0, 0.1) is 0 Å². The molecule has 0 spiro atoms. The van der Waals surface area contributed by atoms with E-state index in [4.69, 9.17) is 4.74 Å². The van der Waals surface area contributed by atoms with Gasteiger partial charge in [0.25, 0.3) is 0 Å². The molecule has 1 aromatic rings. The normalized spacial score (nSPS) is 23.0. The van der Waals surface area contributed by atoms with Gasteiger partial charge in [-0.05, 0) is 26.7 Å². The third-order valence-corrected chi connectivity index (χ3v) is 3.89. The van der Waals surface area contributed by atoms with Gasteiger partial charge in [-0.1, -0.05) is 20.8 Å². The fraction of sp³-hybridized carbons (Fsp3) is 0.812. The molecule has 4 nitrogen and oxygen atoms in total. The van der Waals surface area contributed by atoms with Gasteiger partial charge >= 0.3 is 0 Å². The summed E-state index contributed by atoms with van der Waals surface area (Å²) in [5.41, 5.74) is 2.59. The first kappa shape index (κ1) is 15.5. The second kappa shape index (κ2) is 5.49. The summed E-state index contributed by atoms with van der Waals surface area (Å²) in [6.45, 7) is 12.7. The fourth-order valence-electron chi connectivity index (χ4n) is 2.96. The van der Waals surface area contributed by atoms with E-state index in [1.165, 1.54) is 11.3 Å². The molecule has 4 heteroatoms. The molecular formula is C16H29N3O. The van der Waals surface area contributed by atoms with E-state index in [2.05, 4.69) is 51.2 Å². The quantitative estimate of drug-likeness (QED) is 0.924. The molecule has 1 saturated heterocycles. The zero-order chi connectivity index (χ0) is 15.0. The van der Waals surface area contributed by atoms with Crippen LogP contribution >= 0.6 is 0 Å². The Hall–Kier alpha value is -0.870. The molecule has 1 aliphatic heterocycles. The topological polar surface area (TPSA) is 39.1 Å². The van der Waals surface area contributed by atoms with E-state index >= 15 is 0 Å². The lowest BCUT2D eigenvalue weighted by Gasteiger charge is -2.36. The summed E-state index contributed by atoms with van der Waals surface area (Å²) >= 11 is 0. The highest BCUT2D eigenvalue weighted by Crippen LogP contribution is 2.26. The molecule has 1 aromatic heterocycles. The van der Waals surface area contributed by atoms with Crippen molar-refractivity contribution in [1.82, 2.24) is 15.1 Å². The summed E-state index contributed by atoms with van der Waals surface area (Å²) in [7, 11) is 2.00. The SMILES string of the molecule is Cn1cc(CNC2CCOC(C)(C)C2)c(C(C)(C)C)n1. The molecule has 1 atom stereocenters. The minimum Gasteiger partial charge on any atom is -0.375 e.